The van der Waals surface area contributed by atoms with E-state index < -0.39 is 0 Å². The first-order chi connectivity index (χ1) is 8.67. The molecule has 0 bridgehead atoms. The lowest BCUT2D eigenvalue weighted by Gasteiger charge is -2.15. The molecule has 1 aromatic carbocycles. The number of benzene rings is 1. The van der Waals surface area contributed by atoms with E-state index in [0.29, 0.717) is 0 Å². The van der Waals surface area contributed by atoms with Crippen LogP contribution in [0.5, 0.6) is 0 Å². The third kappa shape index (κ3) is 2.58. The molecule has 2 rings (SSSR count). The molecule has 0 radical (unpaired) electrons. The van der Waals surface area contributed by atoms with Crippen LogP contribution < -0.4 is 5.32 Å². The molecule has 1 atom stereocenters. The molecule has 4 heteroatoms. The van der Waals surface area contributed by atoms with E-state index in [2.05, 4.69) is 19.2 Å². The van der Waals surface area contributed by atoms with Crippen LogP contribution in [0, 0.1) is 6.92 Å². The average Bonchev–Trinajstić information content (AvgIpc) is 2.74. The van der Waals surface area contributed by atoms with E-state index in [4.69, 9.17) is 16.6 Å². The quantitative estimate of drug-likeness (QED) is 0.916. The van der Waals surface area contributed by atoms with Crippen molar-refractivity contribution in [3.8, 4) is 0 Å². The fourth-order valence-electron chi connectivity index (χ4n) is 2.02. The van der Waals surface area contributed by atoms with Crippen molar-refractivity contribution in [1.82, 2.24) is 10.3 Å². The molecule has 0 aliphatic carbocycles. The molecule has 0 aliphatic heterocycles. The Labute approximate surface area is 117 Å². The van der Waals surface area contributed by atoms with Gasteiger partial charge in [-0.1, -0.05) is 36.7 Å². The fourth-order valence-corrected chi connectivity index (χ4v) is 3.41. The largest absolute Gasteiger partial charge is 0.307 e. The van der Waals surface area contributed by atoms with Crippen LogP contribution in [0.1, 0.15) is 34.1 Å². The SMILES string of the molecule is CCc1nc(C(NC)c2ccccc2Cl)sc1C. The molecule has 0 saturated heterocycles. The Morgan fingerprint density at radius 1 is 1.39 bits per heavy atom. The normalized spacial score (nSPS) is 12.7. The van der Waals surface area contributed by atoms with Crippen LogP contribution in [-0.2, 0) is 6.42 Å². The van der Waals surface area contributed by atoms with Crippen molar-refractivity contribution in [3.05, 3.63) is 50.4 Å². The van der Waals surface area contributed by atoms with Crippen LogP contribution in [-0.4, -0.2) is 12.0 Å². The summed E-state index contributed by atoms with van der Waals surface area (Å²) in [7, 11) is 1.94. The Hall–Kier alpha value is -0.900. The van der Waals surface area contributed by atoms with Gasteiger partial charge in [0.25, 0.3) is 0 Å². The Balaban J connectivity index is 2.42. The van der Waals surface area contributed by atoms with Crippen molar-refractivity contribution in [3.63, 3.8) is 0 Å². The molecule has 2 nitrogen and oxygen atoms in total. The minimum absolute atomic E-state index is 0.0719. The van der Waals surface area contributed by atoms with Crippen molar-refractivity contribution in [2.75, 3.05) is 7.05 Å². The van der Waals surface area contributed by atoms with Gasteiger partial charge in [0.1, 0.15) is 5.01 Å². The highest BCUT2D eigenvalue weighted by molar-refractivity contribution is 7.11. The minimum Gasteiger partial charge on any atom is -0.307 e. The van der Waals surface area contributed by atoms with E-state index in [9.17, 15) is 0 Å². The second-order valence-electron chi connectivity index (χ2n) is 4.15. The molecule has 2 aromatic rings. The molecule has 1 heterocycles. The zero-order chi connectivity index (χ0) is 13.1. The third-order valence-electron chi connectivity index (χ3n) is 3.00. The minimum atomic E-state index is 0.0719. The topological polar surface area (TPSA) is 24.9 Å². The lowest BCUT2D eigenvalue weighted by atomic mass is 10.1. The summed E-state index contributed by atoms with van der Waals surface area (Å²) in [4.78, 5) is 6.01. The summed E-state index contributed by atoms with van der Waals surface area (Å²) in [5.74, 6) is 0. The van der Waals surface area contributed by atoms with E-state index in [-0.39, 0.29) is 6.04 Å². The molecule has 96 valence electrons. The molecular weight excluding hydrogens is 264 g/mol. The van der Waals surface area contributed by atoms with Gasteiger partial charge in [0.2, 0.25) is 0 Å². The Morgan fingerprint density at radius 3 is 2.67 bits per heavy atom. The number of halogens is 1. The van der Waals surface area contributed by atoms with Crippen molar-refractivity contribution < 1.29 is 0 Å². The van der Waals surface area contributed by atoms with Gasteiger partial charge < -0.3 is 5.32 Å². The molecule has 0 amide bonds. The number of nitrogens with one attached hydrogen (secondary N) is 1. The number of aryl methyl sites for hydroxylation is 2. The Kier molecular flexibility index (Phi) is 4.38. The average molecular weight is 281 g/mol. The molecule has 0 spiro atoms. The van der Waals surface area contributed by atoms with Gasteiger partial charge in [-0.05, 0) is 32.0 Å². The number of hydrogen-bond donors (Lipinski definition) is 1. The van der Waals surface area contributed by atoms with Crippen LogP contribution in [0.3, 0.4) is 0 Å². The maximum Gasteiger partial charge on any atom is 0.115 e. The maximum absolute atomic E-state index is 6.26. The van der Waals surface area contributed by atoms with Crippen LogP contribution >= 0.6 is 22.9 Å². The third-order valence-corrected chi connectivity index (χ3v) is 4.42. The number of rotatable bonds is 4. The summed E-state index contributed by atoms with van der Waals surface area (Å²) in [6, 6.07) is 7.99. The first-order valence-electron chi connectivity index (χ1n) is 6.05. The second kappa shape index (κ2) is 5.83. The standard InChI is InChI=1S/C14H17ClN2S/c1-4-12-9(2)18-14(17-12)13(16-3)10-7-5-6-8-11(10)15/h5-8,13,16H,4H2,1-3H3. The molecule has 18 heavy (non-hydrogen) atoms. The highest BCUT2D eigenvalue weighted by Crippen LogP contribution is 2.31. The van der Waals surface area contributed by atoms with Crippen molar-refractivity contribution in [1.29, 1.82) is 0 Å². The first-order valence-corrected chi connectivity index (χ1v) is 7.24. The molecule has 1 unspecified atom stereocenters. The smallest absolute Gasteiger partial charge is 0.115 e. The highest BCUT2D eigenvalue weighted by Gasteiger charge is 2.19. The summed E-state index contributed by atoms with van der Waals surface area (Å²) < 4.78 is 0. The summed E-state index contributed by atoms with van der Waals surface area (Å²) in [6.07, 6.45) is 0.974. The lowest BCUT2D eigenvalue weighted by molar-refractivity contribution is 0.683. The lowest BCUT2D eigenvalue weighted by Crippen LogP contribution is -2.17. The van der Waals surface area contributed by atoms with E-state index in [1.165, 1.54) is 10.6 Å². The van der Waals surface area contributed by atoms with Crippen molar-refractivity contribution in [2.45, 2.75) is 26.3 Å². The van der Waals surface area contributed by atoms with Crippen molar-refractivity contribution >= 4 is 22.9 Å². The Bertz CT molecular complexity index is 536. The monoisotopic (exact) mass is 280 g/mol. The number of thiazole rings is 1. The summed E-state index contributed by atoms with van der Waals surface area (Å²) >= 11 is 8.01. The summed E-state index contributed by atoms with van der Waals surface area (Å²) in [5.41, 5.74) is 2.26. The van der Waals surface area contributed by atoms with E-state index in [0.717, 1.165) is 22.0 Å². The predicted octanol–water partition coefficient (Wildman–Crippen LogP) is 3.98. The van der Waals surface area contributed by atoms with Crippen molar-refractivity contribution in [2.24, 2.45) is 0 Å². The maximum atomic E-state index is 6.26. The fraction of sp³-hybridized carbons (Fsp3) is 0.357. The Morgan fingerprint density at radius 2 is 2.11 bits per heavy atom. The highest BCUT2D eigenvalue weighted by atomic mass is 35.5. The number of hydrogen-bond acceptors (Lipinski definition) is 3. The van der Waals surface area contributed by atoms with Gasteiger partial charge in [0.15, 0.2) is 0 Å². The van der Waals surface area contributed by atoms with Gasteiger partial charge in [0.05, 0.1) is 11.7 Å². The molecule has 0 aliphatic rings. The predicted molar refractivity (Wildman–Crippen MR) is 78.6 cm³/mol. The van der Waals surface area contributed by atoms with E-state index in [1.807, 2.05) is 31.3 Å². The van der Waals surface area contributed by atoms with Gasteiger partial charge in [-0.2, -0.15) is 0 Å². The van der Waals surface area contributed by atoms with Crippen LogP contribution in [0.4, 0.5) is 0 Å². The van der Waals surface area contributed by atoms with E-state index in [1.54, 1.807) is 11.3 Å². The zero-order valence-corrected chi connectivity index (χ0v) is 12.4. The van der Waals surface area contributed by atoms with Crippen LogP contribution in [0.15, 0.2) is 24.3 Å². The van der Waals surface area contributed by atoms with Gasteiger partial charge in [-0.25, -0.2) is 4.98 Å². The summed E-state index contributed by atoms with van der Waals surface area (Å²) in [6.45, 7) is 4.26. The summed E-state index contributed by atoms with van der Waals surface area (Å²) in [5, 5.41) is 5.17. The van der Waals surface area contributed by atoms with Crippen LogP contribution in [0.25, 0.3) is 0 Å². The molecule has 0 saturated carbocycles. The second-order valence-corrected chi connectivity index (χ2v) is 5.79. The molecule has 1 aromatic heterocycles. The van der Waals surface area contributed by atoms with Gasteiger partial charge in [-0.3, -0.25) is 0 Å². The zero-order valence-electron chi connectivity index (χ0n) is 10.8. The molecule has 0 fully saturated rings. The van der Waals surface area contributed by atoms with Crippen LogP contribution in [0.2, 0.25) is 5.02 Å². The number of nitrogens with zero attached hydrogens (tertiary/aromatic N) is 1. The van der Waals surface area contributed by atoms with Gasteiger partial charge in [-0.15, -0.1) is 11.3 Å². The number of aromatic nitrogens is 1. The van der Waals surface area contributed by atoms with Gasteiger partial charge >= 0.3 is 0 Å². The van der Waals surface area contributed by atoms with E-state index >= 15 is 0 Å². The van der Waals surface area contributed by atoms with Gasteiger partial charge in [0, 0.05) is 9.90 Å². The molecule has 1 N–H and O–H groups in total. The first kappa shape index (κ1) is 13.5. The molecular formula is C14H17ClN2S.